The first-order valence-electron chi connectivity index (χ1n) is 7.27. The summed E-state index contributed by atoms with van der Waals surface area (Å²) in [5, 5.41) is 11.9. The zero-order valence-corrected chi connectivity index (χ0v) is 11.7. The van der Waals surface area contributed by atoms with Crippen molar-refractivity contribution in [1.29, 1.82) is 0 Å². The van der Waals surface area contributed by atoms with Gasteiger partial charge in [-0.25, -0.2) is 4.79 Å². The van der Waals surface area contributed by atoms with Gasteiger partial charge in [0.2, 0.25) is 0 Å². The summed E-state index contributed by atoms with van der Waals surface area (Å²) < 4.78 is 0. The molecule has 1 aliphatic heterocycles. The number of urea groups is 1. The summed E-state index contributed by atoms with van der Waals surface area (Å²) in [5.74, 6) is -0.658. The standard InChI is InChI=1S/C14H24N2O3/c1-14(6-3-2-4-7-14)15-13(19)16-8-5-11(10-16)9-12(17)18/h11H,2-10H2,1H3,(H,15,19)(H,17,18). The molecule has 5 nitrogen and oxygen atoms in total. The van der Waals surface area contributed by atoms with Gasteiger partial charge >= 0.3 is 12.0 Å². The topological polar surface area (TPSA) is 69.6 Å². The summed E-state index contributed by atoms with van der Waals surface area (Å²) >= 11 is 0. The van der Waals surface area contributed by atoms with Crippen molar-refractivity contribution in [3.05, 3.63) is 0 Å². The van der Waals surface area contributed by atoms with E-state index < -0.39 is 5.97 Å². The van der Waals surface area contributed by atoms with Gasteiger partial charge in [0.25, 0.3) is 0 Å². The second-order valence-electron chi connectivity index (χ2n) is 6.25. The van der Waals surface area contributed by atoms with E-state index in [1.54, 1.807) is 4.90 Å². The molecule has 0 aromatic heterocycles. The van der Waals surface area contributed by atoms with Crippen molar-refractivity contribution < 1.29 is 14.7 Å². The molecule has 2 aliphatic rings. The minimum absolute atomic E-state index is 0.0164. The first-order chi connectivity index (χ1) is 8.98. The van der Waals surface area contributed by atoms with Crippen molar-refractivity contribution in [2.24, 2.45) is 5.92 Å². The summed E-state index contributed by atoms with van der Waals surface area (Å²) in [6.45, 7) is 3.38. The van der Waals surface area contributed by atoms with Crippen LogP contribution in [0.3, 0.4) is 0 Å². The van der Waals surface area contributed by atoms with Gasteiger partial charge in [-0.1, -0.05) is 19.3 Å². The van der Waals surface area contributed by atoms with E-state index in [9.17, 15) is 9.59 Å². The lowest BCUT2D eigenvalue weighted by Gasteiger charge is -2.36. The first kappa shape index (κ1) is 14.2. The average Bonchev–Trinajstić information content (AvgIpc) is 2.77. The maximum absolute atomic E-state index is 12.2. The first-order valence-corrected chi connectivity index (χ1v) is 7.27. The van der Waals surface area contributed by atoms with Crippen molar-refractivity contribution >= 4 is 12.0 Å². The molecule has 1 atom stereocenters. The van der Waals surface area contributed by atoms with Crippen LogP contribution < -0.4 is 5.32 Å². The van der Waals surface area contributed by atoms with Crippen molar-refractivity contribution in [3.63, 3.8) is 0 Å². The van der Waals surface area contributed by atoms with Crippen molar-refractivity contribution in [2.75, 3.05) is 13.1 Å². The Morgan fingerprint density at radius 3 is 2.63 bits per heavy atom. The summed E-state index contributed by atoms with van der Waals surface area (Å²) in [7, 11) is 0. The second kappa shape index (κ2) is 5.80. The molecule has 1 aliphatic carbocycles. The normalized spacial score (nSPS) is 26.2. The highest BCUT2D eigenvalue weighted by Gasteiger charge is 2.33. The Balaban J connectivity index is 1.82. The van der Waals surface area contributed by atoms with E-state index in [0.717, 1.165) is 19.3 Å². The second-order valence-corrected chi connectivity index (χ2v) is 6.25. The van der Waals surface area contributed by atoms with Crippen LogP contribution >= 0.6 is 0 Å². The molecule has 2 amide bonds. The molecule has 0 spiro atoms. The Hall–Kier alpha value is -1.26. The Morgan fingerprint density at radius 2 is 2.00 bits per heavy atom. The van der Waals surface area contributed by atoms with Crippen LogP contribution in [0, 0.1) is 5.92 Å². The minimum Gasteiger partial charge on any atom is -0.481 e. The van der Waals surface area contributed by atoms with Gasteiger partial charge in [0, 0.05) is 25.0 Å². The lowest BCUT2D eigenvalue weighted by atomic mass is 9.83. The Bertz CT molecular complexity index is 351. The van der Waals surface area contributed by atoms with Crippen LogP contribution in [0.2, 0.25) is 0 Å². The number of carbonyl (C=O) groups excluding carboxylic acids is 1. The van der Waals surface area contributed by atoms with Crippen LogP contribution in [-0.4, -0.2) is 40.6 Å². The van der Waals surface area contributed by atoms with E-state index in [-0.39, 0.29) is 23.9 Å². The molecule has 0 radical (unpaired) electrons. The van der Waals surface area contributed by atoms with Gasteiger partial charge in [-0.15, -0.1) is 0 Å². The van der Waals surface area contributed by atoms with Crippen molar-refractivity contribution in [3.8, 4) is 0 Å². The minimum atomic E-state index is -0.772. The number of hydrogen-bond acceptors (Lipinski definition) is 2. The third kappa shape index (κ3) is 3.85. The lowest BCUT2D eigenvalue weighted by molar-refractivity contribution is -0.138. The molecule has 0 aromatic rings. The summed E-state index contributed by atoms with van der Waals surface area (Å²) in [5.41, 5.74) is -0.0692. The van der Waals surface area contributed by atoms with Gasteiger partial charge < -0.3 is 15.3 Å². The Kier molecular flexibility index (Phi) is 4.32. The quantitative estimate of drug-likeness (QED) is 0.824. The molecule has 1 saturated heterocycles. The highest BCUT2D eigenvalue weighted by molar-refractivity contribution is 5.75. The molecule has 19 heavy (non-hydrogen) atoms. The smallest absolute Gasteiger partial charge is 0.317 e. The van der Waals surface area contributed by atoms with Crippen LogP contribution in [0.25, 0.3) is 0 Å². The number of nitrogens with zero attached hydrogens (tertiary/aromatic N) is 1. The van der Waals surface area contributed by atoms with Gasteiger partial charge in [0.05, 0.1) is 0 Å². The van der Waals surface area contributed by atoms with Gasteiger partial charge in [0.1, 0.15) is 0 Å². The number of hydrogen-bond donors (Lipinski definition) is 2. The van der Waals surface area contributed by atoms with E-state index in [4.69, 9.17) is 5.11 Å². The molecular weight excluding hydrogens is 244 g/mol. The van der Waals surface area contributed by atoms with E-state index >= 15 is 0 Å². The van der Waals surface area contributed by atoms with E-state index in [1.165, 1.54) is 19.3 Å². The number of aliphatic carboxylic acids is 1. The van der Waals surface area contributed by atoms with Crippen LogP contribution in [0.5, 0.6) is 0 Å². The predicted octanol–water partition coefficient (Wildman–Crippen LogP) is 2.22. The Morgan fingerprint density at radius 1 is 1.32 bits per heavy atom. The molecule has 5 heteroatoms. The molecule has 1 unspecified atom stereocenters. The Labute approximate surface area is 114 Å². The largest absolute Gasteiger partial charge is 0.481 e. The fourth-order valence-corrected chi connectivity index (χ4v) is 3.22. The number of carboxylic acids is 1. The zero-order chi connectivity index (χ0) is 13.9. The predicted molar refractivity (Wildman–Crippen MR) is 72.0 cm³/mol. The van der Waals surface area contributed by atoms with E-state index in [1.807, 2.05) is 0 Å². The molecule has 2 rings (SSSR count). The lowest BCUT2D eigenvalue weighted by Crippen LogP contribution is -2.52. The molecule has 0 aromatic carbocycles. The van der Waals surface area contributed by atoms with E-state index in [2.05, 4.69) is 12.2 Å². The van der Waals surface area contributed by atoms with Crippen LogP contribution in [-0.2, 0) is 4.79 Å². The average molecular weight is 268 g/mol. The molecular formula is C14H24N2O3. The molecule has 108 valence electrons. The van der Waals surface area contributed by atoms with Crippen molar-refractivity contribution in [2.45, 2.75) is 57.4 Å². The highest BCUT2D eigenvalue weighted by Crippen LogP contribution is 2.28. The number of amides is 2. The maximum atomic E-state index is 12.2. The number of carbonyl (C=O) groups is 2. The van der Waals surface area contributed by atoms with Crippen molar-refractivity contribution in [1.82, 2.24) is 10.2 Å². The van der Waals surface area contributed by atoms with Gasteiger partial charge in [-0.05, 0) is 32.1 Å². The van der Waals surface area contributed by atoms with Gasteiger partial charge in [-0.3, -0.25) is 4.79 Å². The van der Waals surface area contributed by atoms with Gasteiger partial charge in [0.15, 0.2) is 0 Å². The fraction of sp³-hybridized carbons (Fsp3) is 0.857. The monoisotopic (exact) mass is 268 g/mol. The maximum Gasteiger partial charge on any atom is 0.317 e. The van der Waals surface area contributed by atoms with Crippen LogP contribution in [0.15, 0.2) is 0 Å². The van der Waals surface area contributed by atoms with Crippen LogP contribution in [0.4, 0.5) is 4.79 Å². The van der Waals surface area contributed by atoms with E-state index in [0.29, 0.717) is 13.1 Å². The zero-order valence-electron chi connectivity index (χ0n) is 11.7. The molecule has 1 heterocycles. The third-order valence-corrected chi connectivity index (χ3v) is 4.40. The SMILES string of the molecule is CC1(NC(=O)N2CCC(CC(=O)O)C2)CCCCC1. The number of carboxylic acid groups (broad SMARTS) is 1. The summed E-state index contributed by atoms with van der Waals surface area (Å²) in [6, 6.07) is -0.0164. The highest BCUT2D eigenvalue weighted by atomic mass is 16.4. The van der Waals surface area contributed by atoms with Crippen LogP contribution in [0.1, 0.15) is 51.9 Å². The fourth-order valence-electron chi connectivity index (χ4n) is 3.22. The third-order valence-electron chi connectivity index (χ3n) is 4.40. The van der Waals surface area contributed by atoms with Gasteiger partial charge in [-0.2, -0.15) is 0 Å². The molecule has 0 bridgehead atoms. The number of rotatable bonds is 3. The summed E-state index contributed by atoms with van der Waals surface area (Å²) in [6.07, 6.45) is 6.68. The summed E-state index contributed by atoms with van der Waals surface area (Å²) in [4.78, 5) is 24.7. The number of likely N-dealkylation sites (tertiary alicyclic amines) is 1. The molecule has 2 fully saturated rings. The molecule has 2 N–H and O–H groups in total. The molecule has 1 saturated carbocycles. The number of nitrogens with one attached hydrogen (secondary N) is 1.